The number of methoxy groups -OCH3 is 1. The first-order chi connectivity index (χ1) is 13.9. The van der Waals surface area contributed by atoms with Gasteiger partial charge in [-0.2, -0.15) is 0 Å². The first kappa shape index (κ1) is 24.7. The molecule has 0 bridgehead atoms. The standard InChI is InChI=1S/C22H34N4O3.HI/c1-22(2,17-7-9-18(28-4)10-8-17)16-24-21(23-3)26-13-11-25(12-14-26)20(27)19-6-5-15-29-19;/h7-10,19H,5-6,11-16H2,1-4H3,(H,23,24);1H. The second-order valence-corrected chi connectivity index (χ2v) is 8.33. The predicted molar refractivity (Wildman–Crippen MR) is 130 cm³/mol. The number of halogens is 1. The number of ether oxygens (including phenoxy) is 2. The lowest BCUT2D eigenvalue weighted by molar-refractivity contribution is -0.142. The van der Waals surface area contributed by atoms with Crippen LogP contribution in [-0.2, 0) is 14.9 Å². The quantitative estimate of drug-likeness (QED) is 0.360. The lowest BCUT2D eigenvalue weighted by atomic mass is 9.84. The molecule has 1 aromatic rings. The van der Waals surface area contributed by atoms with Crippen molar-refractivity contribution in [2.75, 3.05) is 53.5 Å². The van der Waals surface area contributed by atoms with Crippen molar-refractivity contribution in [3.8, 4) is 5.75 Å². The van der Waals surface area contributed by atoms with E-state index in [9.17, 15) is 4.79 Å². The maximum atomic E-state index is 12.5. The number of guanidine groups is 1. The zero-order chi connectivity index (χ0) is 20.9. The second kappa shape index (κ2) is 11.2. The van der Waals surface area contributed by atoms with E-state index in [1.54, 1.807) is 7.11 Å². The first-order valence-electron chi connectivity index (χ1n) is 10.4. The number of hydrogen-bond acceptors (Lipinski definition) is 4. The summed E-state index contributed by atoms with van der Waals surface area (Å²) in [6, 6.07) is 8.21. The van der Waals surface area contributed by atoms with Crippen molar-refractivity contribution < 1.29 is 14.3 Å². The summed E-state index contributed by atoms with van der Waals surface area (Å²) >= 11 is 0. The second-order valence-electron chi connectivity index (χ2n) is 8.33. The summed E-state index contributed by atoms with van der Waals surface area (Å²) in [7, 11) is 3.49. The molecule has 3 rings (SSSR count). The molecule has 0 saturated carbocycles. The van der Waals surface area contributed by atoms with Crippen LogP contribution in [-0.4, -0.2) is 81.3 Å². The smallest absolute Gasteiger partial charge is 0.251 e. The van der Waals surface area contributed by atoms with Crippen LogP contribution in [0.25, 0.3) is 0 Å². The Morgan fingerprint density at radius 3 is 2.37 bits per heavy atom. The monoisotopic (exact) mass is 530 g/mol. The van der Waals surface area contributed by atoms with E-state index in [0.717, 1.165) is 44.2 Å². The van der Waals surface area contributed by atoms with Gasteiger partial charge in [-0.3, -0.25) is 9.79 Å². The minimum atomic E-state index is -0.232. The number of carbonyl (C=O) groups excluding carboxylic acids is 1. The van der Waals surface area contributed by atoms with E-state index in [2.05, 4.69) is 41.2 Å². The highest BCUT2D eigenvalue weighted by Crippen LogP contribution is 2.24. The molecule has 1 atom stereocenters. The van der Waals surface area contributed by atoms with Gasteiger partial charge in [0.05, 0.1) is 7.11 Å². The molecule has 2 saturated heterocycles. The number of rotatable bonds is 5. The van der Waals surface area contributed by atoms with Gasteiger partial charge in [0.2, 0.25) is 0 Å². The summed E-state index contributed by atoms with van der Waals surface area (Å²) in [5.74, 6) is 1.89. The zero-order valence-corrected chi connectivity index (χ0v) is 20.8. The van der Waals surface area contributed by atoms with Gasteiger partial charge in [0, 0.05) is 51.8 Å². The number of nitrogens with one attached hydrogen (secondary N) is 1. The predicted octanol–water partition coefficient (Wildman–Crippen LogP) is 2.49. The van der Waals surface area contributed by atoms with Gasteiger partial charge in [-0.1, -0.05) is 26.0 Å². The van der Waals surface area contributed by atoms with E-state index in [0.29, 0.717) is 19.7 Å². The molecule has 7 nitrogen and oxygen atoms in total. The third kappa shape index (κ3) is 6.00. The van der Waals surface area contributed by atoms with Crippen molar-refractivity contribution in [2.45, 2.75) is 38.2 Å². The molecule has 0 spiro atoms. The Morgan fingerprint density at radius 2 is 1.83 bits per heavy atom. The molecule has 168 valence electrons. The summed E-state index contributed by atoms with van der Waals surface area (Å²) < 4.78 is 10.8. The van der Waals surface area contributed by atoms with Crippen LogP contribution in [0.15, 0.2) is 29.3 Å². The van der Waals surface area contributed by atoms with Crippen LogP contribution in [0.1, 0.15) is 32.3 Å². The summed E-state index contributed by atoms with van der Waals surface area (Å²) in [5.41, 5.74) is 1.19. The molecule has 30 heavy (non-hydrogen) atoms. The van der Waals surface area contributed by atoms with Gasteiger partial charge in [-0.05, 0) is 30.5 Å². The highest BCUT2D eigenvalue weighted by molar-refractivity contribution is 14.0. The lowest BCUT2D eigenvalue weighted by Gasteiger charge is -2.38. The third-order valence-electron chi connectivity index (χ3n) is 5.87. The number of piperazine rings is 1. The summed E-state index contributed by atoms with van der Waals surface area (Å²) in [6.07, 6.45) is 1.60. The maximum absolute atomic E-state index is 12.5. The van der Waals surface area contributed by atoms with E-state index in [1.165, 1.54) is 5.56 Å². The van der Waals surface area contributed by atoms with Crippen LogP contribution < -0.4 is 10.1 Å². The van der Waals surface area contributed by atoms with Gasteiger partial charge in [-0.15, -0.1) is 24.0 Å². The molecule has 0 aliphatic carbocycles. The Morgan fingerprint density at radius 1 is 1.20 bits per heavy atom. The number of nitrogens with zero attached hydrogens (tertiary/aromatic N) is 3. The van der Waals surface area contributed by atoms with Crippen LogP contribution in [0.4, 0.5) is 0 Å². The van der Waals surface area contributed by atoms with Gasteiger partial charge < -0.3 is 24.6 Å². The first-order valence-corrected chi connectivity index (χ1v) is 10.4. The maximum Gasteiger partial charge on any atom is 0.251 e. The third-order valence-corrected chi connectivity index (χ3v) is 5.87. The average molecular weight is 530 g/mol. The Balaban J connectivity index is 0.00000320. The van der Waals surface area contributed by atoms with Crippen LogP contribution in [0, 0.1) is 0 Å². The number of benzene rings is 1. The number of hydrogen-bond donors (Lipinski definition) is 1. The molecule has 2 aliphatic rings. The van der Waals surface area contributed by atoms with Gasteiger partial charge in [0.1, 0.15) is 11.9 Å². The summed E-state index contributed by atoms with van der Waals surface area (Å²) in [4.78, 5) is 21.2. The largest absolute Gasteiger partial charge is 0.497 e. The number of aliphatic imine (C=N–C) groups is 1. The van der Waals surface area contributed by atoms with Crippen molar-refractivity contribution >= 4 is 35.8 Å². The van der Waals surface area contributed by atoms with E-state index < -0.39 is 0 Å². The topological polar surface area (TPSA) is 66.4 Å². The lowest BCUT2D eigenvalue weighted by Crippen LogP contribution is -2.56. The Bertz CT molecular complexity index is 710. The van der Waals surface area contributed by atoms with E-state index in [1.807, 2.05) is 24.1 Å². The summed E-state index contributed by atoms with van der Waals surface area (Å²) in [6.45, 7) is 8.88. The fourth-order valence-corrected chi connectivity index (χ4v) is 3.89. The molecule has 8 heteroatoms. The van der Waals surface area contributed by atoms with Gasteiger partial charge in [0.15, 0.2) is 5.96 Å². The van der Waals surface area contributed by atoms with Crippen molar-refractivity contribution in [2.24, 2.45) is 4.99 Å². The van der Waals surface area contributed by atoms with Crippen LogP contribution >= 0.6 is 24.0 Å². The van der Waals surface area contributed by atoms with Gasteiger partial charge in [0.25, 0.3) is 5.91 Å². The molecule has 0 radical (unpaired) electrons. The van der Waals surface area contributed by atoms with E-state index in [-0.39, 0.29) is 41.4 Å². The molecule has 2 aliphatic heterocycles. The SMILES string of the molecule is CN=C(NCC(C)(C)c1ccc(OC)cc1)N1CCN(C(=O)C2CCCO2)CC1.I. The molecular weight excluding hydrogens is 495 g/mol. The van der Waals surface area contributed by atoms with Gasteiger partial charge >= 0.3 is 0 Å². The number of amides is 1. The number of carbonyl (C=O) groups is 1. The minimum Gasteiger partial charge on any atom is -0.497 e. The normalized spacial score (nSPS) is 20.0. The fourth-order valence-electron chi connectivity index (χ4n) is 3.89. The fraction of sp³-hybridized carbons (Fsp3) is 0.636. The molecule has 2 heterocycles. The Hall–Kier alpha value is -1.55. The van der Waals surface area contributed by atoms with Crippen molar-refractivity contribution in [3.05, 3.63) is 29.8 Å². The van der Waals surface area contributed by atoms with E-state index in [4.69, 9.17) is 9.47 Å². The van der Waals surface area contributed by atoms with Crippen molar-refractivity contribution in [3.63, 3.8) is 0 Å². The molecule has 1 aromatic carbocycles. The molecule has 1 amide bonds. The van der Waals surface area contributed by atoms with Crippen LogP contribution in [0.2, 0.25) is 0 Å². The Labute approximate surface area is 197 Å². The Kier molecular flexibility index (Phi) is 9.21. The highest BCUT2D eigenvalue weighted by atomic mass is 127. The van der Waals surface area contributed by atoms with Gasteiger partial charge in [-0.25, -0.2) is 0 Å². The molecule has 1 unspecified atom stereocenters. The zero-order valence-electron chi connectivity index (χ0n) is 18.5. The molecular formula is C22H35IN4O3. The highest BCUT2D eigenvalue weighted by Gasteiger charge is 2.31. The van der Waals surface area contributed by atoms with Crippen molar-refractivity contribution in [1.82, 2.24) is 15.1 Å². The van der Waals surface area contributed by atoms with E-state index >= 15 is 0 Å². The van der Waals surface area contributed by atoms with Crippen molar-refractivity contribution in [1.29, 1.82) is 0 Å². The van der Waals surface area contributed by atoms with Crippen LogP contribution in [0.3, 0.4) is 0 Å². The minimum absolute atomic E-state index is 0. The average Bonchev–Trinajstić information content (AvgIpc) is 3.29. The van der Waals surface area contributed by atoms with Crippen LogP contribution in [0.5, 0.6) is 5.75 Å². The molecule has 1 N–H and O–H groups in total. The summed E-state index contributed by atoms with van der Waals surface area (Å²) in [5, 5.41) is 3.52. The molecule has 2 fully saturated rings. The molecule has 0 aromatic heterocycles.